The molecule has 0 fully saturated rings. The number of para-hydroxylation sites is 1. The van der Waals surface area contributed by atoms with Crippen LogP contribution in [0.5, 0.6) is 17.2 Å². The molecule has 0 amide bonds. The van der Waals surface area contributed by atoms with Gasteiger partial charge in [-0.1, -0.05) is 29.5 Å². The van der Waals surface area contributed by atoms with Crippen molar-refractivity contribution in [3.63, 3.8) is 0 Å². The highest BCUT2D eigenvalue weighted by molar-refractivity contribution is 7.15. The molecule has 9 nitrogen and oxygen atoms in total. The van der Waals surface area contributed by atoms with Gasteiger partial charge in [0.25, 0.3) is 5.56 Å². The number of hydrogen-bond donors (Lipinski definition) is 0. The molecule has 3 heterocycles. The summed E-state index contributed by atoms with van der Waals surface area (Å²) in [5.41, 5.74) is 3.75. The minimum atomic E-state index is -0.240. The molecule has 40 heavy (non-hydrogen) atoms. The normalized spacial score (nSPS) is 11.7. The fourth-order valence-corrected chi connectivity index (χ4v) is 5.28. The van der Waals surface area contributed by atoms with Crippen LogP contribution in [0.25, 0.3) is 39.4 Å². The summed E-state index contributed by atoms with van der Waals surface area (Å²) in [5, 5.41) is 9.35. The Labute approximate surface area is 233 Å². The highest BCUT2D eigenvalue weighted by Gasteiger charge is 2.16. The van der Waals surface area contributed by atoms with Gasteiger partial charge in [0.05, 0.1) is 31.0 Å². The Morgan fingerprint density at radius 3 is 2.35 bits per heavy atom. The maximum atomic E-state index is 13.4. The molecule has 0 aliphatic heterocycles. The molecule has 0 N–H and O–H groups in total. The number of benzene rings is 3. The van der Waals surface area contributed by atoms with E-state index in [0.29, 0.717) is 39.1 Å². The molecule has 0 bridgehead atoms. The van der Waals surface area contributed by atoms with Crippen molar-refractivity contribution in [3.05, 3.63) is 99.4 Å². The Balaban J connectivity index is 1.44. The van der Waals surface area contributed by atoms with E-state index in [4.69, 9.17) is 19.3 Å². The molecular formula is C30H25N5O4S. The van der Waals surface area contributed by atoms with E-state index in [1.165, 1.54) is 15.9 Å². The second-order valence-electron chi connectivity index (χ2n) is 8.79. The molecule has 0 saturated heterocycles. The fraction of sp³-hybridized carbons (Fsp3) is 0.133. The number of aromatic nitrogens is 5. The summed E-state index contributed by atoms with van der Waals surface area (Å²) < 4.78 is 20.1. The predicted octanol–water partition coefficient (Wildman–Crippen LogP) is 4.63. The van der Waals surface area contributed by atoms with Crippen molar-refractivity contribution in [1.29, 1.82) is 0 Å². The van der Waals surface area contributed by atoms with Gasteiger partial charge in [0.15, 0.2) is 17.3 Å². The molecule has 6 aromatic rings. The Hall–Kier alpha value is -4.96. The first kappa shape index (κ1) is 25.3. The topological polar surface area (TPSA) is 92.8 Å². The van der Waals surface area contributed by atoms with Crippen molar-refractivity contribution in [2.45, 2.75) is 6.92 Å². The van der Waals surface area contributed by atoms with Gasteiger partial charge in [-0.25, -0.2) is 4.68 Å². The minimum Gasteiger partial charge on any atom is -0.494 e. The molecule has 6 rings (SSSR count). The van der Waals surface area contributed by atoms with Crippen LogP contribution in [0.15, 0.2) is 83.8 Å². The molecule has 200 valence electrons. The smallest absolute Gasteiger partial charge is 0.291 e. The Kier molecular flexibility index (Phi) is 6.75. The molecule has 0 aliphatic carbocycles. The molecule has 0 aliphatic rings. The van der Waals surface area contributed by atoms with Gasteiger partial charge in [-0.15, -0.1) is 5.10 Å². The lowest BCUT2D eigenvalue weighted by Gasteiger charge is -2.09. The predicted molar refractivity (Wildman–Crippen MR) is 155 cm³/mol. The Morgan fingerprint density at radius 2 is 1.65 bits per heavy atom. The first-order valence-electron chi connectivity index (χ1n) is 12.6. The zero-order valence-electron chi connectivity index (χ0n) is 22.1. The molecule has 0 spiro atoms. The standard InChI is InChI=1S/C30H25N5O4S/c1-4-39-23-13-10-19(11-14-23)28-31-30-35(33-28)29(36)26(40-30)17-21-18-34(22-8-6-5-7-9-22)32-27(21)20-12-15-24(37-2)25(16-20)38-3/h5-18H,4H2,1-3H3/b26-17-. The number of rotatable bonds is 8. The van der Waals surface area contributed by atoms with Gasteiger partial charge < -0.3 is 14.2 Å². The van der Waals surface area contributed by atoms with Crippen LogP contribution in [-0.2, 0) is 0 Å². The van der Waals surface area contributed by atoms with Gasteiger partial charge in [-0.2, -0.15) is 14.6 Å². The van der Waals surface area contributed by atoms with Crippen LogP contribution in [0.1, 0.15) is 12.5 Å². The van der Waals surface area contributed by atoms with Gasteiger partial charge >= 0.3 is 0 Å². The van der Waals surface area contributed by atoms with Crippen LogP contribution >= 0.6 is 11.3 Å². The third-order valence-corrected chi connectivity index (χ3v) is 7.27. The molecule has 10 heteroatoms. The number of fused-ring (bicyclic) bond motifs is 1. The second-order valence-corrected chi connectivity index (χ2v) is 9.80. The maximum absolute atomic E-state index is 13.4. The highest BCUT2D eigenvalue weighted by atomic mass is 32.1. The Bertz CT molecular complexity index is 1910. The summed E-state index contributed by atoms with van der Waals surface area (Å²) in [6.45, 7) is 2.53. The number of ether oxygens (including phenoxy) is 3. The van der Waals surface area contributed by atoms with E-state index in [0.717, 1.165) is 28.1 Å². The van der Waals surface area contributed by atoms with Crippen LogP contribution in [0.2, 0.25) is 0 Å². The SMILES string of the molecule is CCOc1ccc(-c2nc3s/c(=C\c4cn(-c5ccccc5)nc4-c4ccc(OC)c(OC)c4)c(=O)n3n2)cc1. The molecule has 3 aromatic heterocycles. The van der Waals surface area contributed by atoms with Crippen molar-refractivity contribution >= 4 is 22.4 Å². The number of methoxy groups -OCH3 is 2. The summed E-state index contributed by atoms with van der Waals surface area (Å²) in [6, 6.07) is 22.9. The second kappa shape index (κ2) is 10.7. The lowest BCUT2D eigenvalue weighted by Crippen LogP contribution is -2.23. The first-order valence-corrected chi connectivity index (χ1v) is 13.4. The average Bonchev–Trinajstić information content (AvgIpc) is 3.69. The molecule has 0 atom stereocenters. The van der Waals surface area contributed by atoms with E-state index >= 15 is 0 Å². The molecule has 0 saturated carbocycles. The molecule has 3 aromatic carbocycles. The minimum absolute atomic E-state index is 0.240. The zero-order chi connectivity index (χ0) is 27.6. The summed E-state index contributed by atoms with van der Waals surface area (Å²) in [6.07, 6.45) is 3.74. The maximum Gasteiger partial charge on any atom is 0.291 e. The molecule has 0 radical (unpaired) electrons. The summed E-state index contributed by atoms with van der Waals surface area (Å²) in [7, 11) is 3.19. The van der Waals surface area contributed by atoms with Crippen LogP contribution in [0, 0.1) is 0 Å². The first-order chi connectivity index (χ1) is 19.6. The van der Waals surface area contributed by atoms with E-state index in [1.54, 1.807) is 18.9 Å². The summed E-state index contributed by atoms with van der Waals surface area (Å²) in [5.74, 6) is 2.47. The van der Waals surface area contributed by atoms with Crippen LogP contribution in [0.4, 0.5) is 0 Å². The van der Waals surface area contributed by atoms with E-state index in [-0.39, 0.29) is 5.56 Å². The lowest BCUT2D eigenvalue weighted by atomic mass is 10.1. The van der Waals surface area contributed by atoms with Gasteiger partial charge in [-0.05, 0) is 67.6 Å². The van der Waals surface area contributed by atoms with Crippen molar-refractivity contribution in [2.75, 3.05) is 20.8 Å². The molecule has 0 unspecified atom stereocenters. The monoisotopic (exact) mass is 551 g/mol. The van der Waals surface area contributed by atoms with Crippen molar-refractivity contribution in [2.24, 2.45) is 0 Å². The third-order valence-electron chi connectivity index (χ3n) is 6.31. The largest absolute Gasteiger partial charge is 0.494 e. The van der Waals surface area contributed by atoms with Crippen molar-refractivity contribution in [3.8, 4) is 45.6 Å². The van der Waals surface area contributed by atoms with E-state index < -0.39 is 0 Å². The van der Waals surface area contributed by atoms with Crippen molar-refractivity contribution < 1.29 is 14.2 Å². The van der Waals surface area contributed by atoms with Gasteiger partial charge in [0, 0.05) is 22.9 Å². The van der Waals surface area contributed by atoms with Crippen LogP contribution < -0.4 is 24.3 Å². The highest BCUT2D eigenvalue weighted by Crippen LogP contribution is 2.33. The summed E-state index contributed by atoms with van der Waals surface area (Å²) >= 11 is 1.28. The van der Waals surface area contributed by atoms with Crippen LogP contribution in [-0.4, -0.2) is 45.2 Å². The number of thiazole rings is 1. The van der Waals surface area contributed by atoms with Gasteiger partial charge in [-0.3, -0.25) is 4.79 Å². The third kappa shape index (κ3) is 4.69. The average molecular weight is 552 g/mol. The van der Waals surface area contributed by atoms with Crippen molar-refractivity contribution in [1.82, 2.24) is 24.4 Å². The van der Waals surface area contributed by atoms with E-state index in [2.05, 4.69) is 10.1 Å². The summed E-state index contributed by atoms with van der Waals surface area (Å²) in [4.78, 5) is 18.5. The lowest BCUT2D eigenvalue weighted by molar-refractivity contribution is 0.340. The number of hydrogen-bond acceptors (Lipinski definition) is 8. The van der Waals surface area contributed by atoms with E-state index in [9.17, 15) is 4.79 Å². The molecular weight excluding hydrogens is 526 g/mol. The quantitative estimate of drug-likeness (QED) is 0.272. The van der Waals surface area contributed by atoms with Crippen LogP contribution in [0.3, 0.4) is 0 Å². The van der Waals surface area contributed by atoms with Gasteiger partial charge in [0.1, 0.15) is 11.4 Å². The Morgan fingerprint density at radius 1 is 0.900 bits per heavy atom. The number of nitrogens with zero attached hydrogens (tertiary/aromatic N) is 5. The fourth-order valence-electron chi connectivity index (χ4n) is 4.38. The van der Waals surface area contributed by atoms with Gasteiger partial charge in [0.2, 0.25) is 4.96 Å². The van der Waals surface area contributed by atoms with E-state index in [1.807, 2.05) is 92.0 Å². The zero-order valence-corrected chi connectivity index (χ0v) is 22.9.